The van der Waals surface area contributed by atoms with Gasteiger partial charge in [-0.25, -0.2) is 0 Å². The largest absolute Gasteiger partial charge is 0.502 e. The first-order valence-corrected chi connectivity index (χ1v) is 6.21. The number of aliphatic carboxylic acids is 1. The summed E-state index contributed by atoms with van der Waals surface area (Å²) >= 11 is 0. The predicted molar refractivity (Wildman–Crippen MR) is 64.8 cm³/mol. The van der Waals surface area contributed by atoms with E-state index in [2.05, 4.69) is 6.58 Å². The molecule has 18 heavy (non-hydrogen) atoms. The Labute approximate surface area is 107 Å². The lowest BCUT2D eigenvalue weighted by Crippen LogP contribution is -2.23. The van der Waals surface area contributed by atoms with Crippen molar-refractivity contribution in [3.8, 4) is 0 Å². The Morgan fingerprint density at radius 3 is 2.22 bits per heavy atom. The van der Waals surface area contributed by atoms with Crippen LogP contribution in [-0.4, -0.2) is 30.3 Å². The van der Waals surface area contributed by atoms with E-state index in [-0.39, 0.29) is 0 Å². The number of carboxylic acid groups (broad SMARTS) is 1. The fourth-order valence-corrected chi connectivity index (χ4v) is 2.15. The zero-order valence-electron chi connectivity index (χ0n) is 10.5. The third-order valence-electron chi connectivity index (χ3n) is 3.19. The van der Waals surface area contributed by atoms with Crippen LogP contribution in [0.5, 0.6) is 0 Å². The summed E-state index contributed by atoms with van der Waals surface area (Å²) in [7, 11) is 0. The van der Waals surface area contributed by atoms with Gasteiger partial charge in [0.2, 0.25) is 0 Å². The molecule has 1 rings (SSSR count). The Morgan fingerprint density at radius 2 is 1.72 bits per heavy atom. The van der Waals surface area contributed by atoms with Crippen molar-refractivity contribution in [1.82, 2.24) is 0 Å². The highest BCUT2D eigenvalue weighted by molar-refractivity contribution is 5.90. The minimum absolute atomic E-state index is 0.334. The molecule has 1 aliphatic carbocycles. The lowest BCUT2D eigenvalue weighted by molar-refractivity contribution is -0.152. The van der Waals surface area contributed by atoms with E-state index in [4.69, 9.17) is 14.6 Å². The van der Waals surface area contributed by atoms with Crippen molar-refractivity contribution in [3.63, 3.8) is 0 Å². The van der Waals surface area contributed by atoms with E-state index in [1.165, 1.54) is 6.26 Å². The summed E-state index contributed by atoms with van der Waals surface area (Å²) in [5, 5.41) is 8.42. The van der Waals surface area contributed by atoms with Crippen LogP contribution >= 0.6 is 0 Å². The standard InChI is InChI=1S/C13H20O5/c1-2-17-8-10-3-5-11(6-4-10)9-18-13(16)7-12(14)15/h2,10-11H,1,3-9H2,(H,14,15). The summed E-state index contributed by atoms with van der Waals surface area (Å²) in [5.41, 5.74) is 0. The van der Waals surface area contributed by atoms with Gasteiger partial charge in [-0.15, -0.1) is 0 Å². The first-order chi connectivity index (χ1) is 8.61. The van der Waals surface area contributed by atoms with Crippen molar-refractivity contribution in [2.24, 2.45) is 11.8 Å². The van der Waals surface area contributed by atoms with Gasteiger partial charge in [-0.05, 0) is 37.5 Å². The Kier molecular flexibility index (Phi) is 6.25. The summed E-state index contributed by atoms with van der Waals surface area (Å²) in [6.45, 7) is 4.54. The number of ether oxygens (including phenoxy) is 2. The maximum absolute atomic E-state index is 11.1. The van der Waals surface area contributed by atoms with Gasteiger partial charge in [0.15, 0.2) is 0 Å². The lowest BCUT2D eigenvalue weighted by atomic mass is 9.83. The van der Waals surface area contributed by atoms with Crippen LogP contribution in [0.2, 0.25) is 0 Å². The van der Waals surface area contributed by atoms with Gasteiger partial charge in [-0.3, -0.25) is 9.59 Å². The maximum atomic E-state index is 11.1. The van der Waals surface area contributed by atoms with Gasteiger partial charge in [0.05, 0.1) is 19.5 Å². The molecular weight excluding hydrogens is 236 g/mol. The SMILES string of the molecule is C=COCC1CCC(COC(=O)CC(=O)O)CC1. The molecule has 1 N–H and O–H groups in total. The van der Waals surface area contributed by atoms with Gasteiger partial charge in [0, 0.05) is 0 Å². The summed E-state index contributed by atoms with van der Waals surface area (Å²) in [5.74, 6) is -0.901. The predicted octanol–water partition coefficient (Wildman–Crippen LogP) is 1.97. The van der Waals surface area contributed by atoms with Crippen molar-refractivity contribution in [1.29, 1.82) is 0 Å². The van der Waals surface area contributed by atoms with Crippen molar-refractivity contribution in [2.75, 3.05) is 13.2 Å². The van der Waals surface area contributed by atoms with Gasteiger partial charge in [0.25, 0.3) is 0 Å². The van der Waals surface area contributed by atoms with Crippen molar-refractivity contribution in [2.45, 2.75) is 32.1 Å². The van der Waals surface area contributed by atoms with Crippen molar-refractivity contribution in [3.05, 3.63) is 12.8 Å². The molecule has 0 unspecified atom stereocenters. The second kappa shape index (κ2) is 7.74. The van der Waals surface area contributed by atoms with Gasteiger partial charge < -0.3 is 14.6 Å². The topological polar surface area (TPSA) is 72.8 Å². The smallest absolute Gasteiger partial charge is 0.317 e. The van der Waals surface area contributed by atoms with Gasteiger partial charge in [-0.2, -0.15) is 0 Å². The molecule has 1 aliphatic rings. The van der Waals surface area contributed by atoms with E-state index in [9.17, 15) is 9.59 Å². The minimum Gasteiger partial charge on any atom is -0.502 e. The maximum Gasteiger partial charge on any atom is 0.317 e. The van der Waals surface area contributed by atoms with Crippen LogP contribution in [-0.2, 0) is 19.1 Å². The van der Waals surface area contributed by atoms with Crippen molar-refractivity contribution >= 4 is 11.9 Å². The van der Waals surface area contributed by atoms with Gasteiger partial charge in [0.1, 0.15) is 6.42 Å². The third-order valence-corrected chi connectivity index (χ3v) is 3.19. The zero-order valence-corrected chi connectivity index (χ0v) is 10.5. The molecule has 5 heteroatoms. The second-order valence-electron chi connectivity index (χ2n) is 4.64. The van der Waals surface area contributed by atoms with Crippen LogP contribution in [0.15, 0.2) is 12.8 Å². The normalized spacial score (nSPS) is 23.1. The van der Waals surface area contributed by atoms with Crippen LogP contribution in [0.3, 0.4) is 0 Å². The average Bonchev–Trinajstić information content (AvgIpc) is 2.34. The van der Waals surface area contributed by atoms with Crippen LogP contribution in [0.1, 0.15) is 32.1 Å². The highest BCUT2D eigenvalue weighted by Gasteiger charge is 2.22. The fraction of sp³-hybridized carbons (Fsp3) is 0.692. The van der Waals surface area contributed by atoms with Crippen molar-refractivity contribution < 1.29 is 24.2 Å². The summed E-state index contributed by atoms with van der Waals surface area (Å²) < 4.78 is 10.1. The van der Waals surface area contributed by atoms with E-state index < -0.39 is 18.4 Å². The third kappa shape index (κ3) is 5.70. The minimum atomic E-state index is -1.15. The molecule has 0 heterocycles. The molecule has 0 atom stereocenters. The second-order valence-corrected chi connectivity index (χ2v) is 4.64. The molecule has 0 aromatic carbocycles. The summed E-state index contributed by atoms with van der Waals surface area (Å²) in [4.78, 5) is 21.3. The summed E-state index contributed by atoms with van der Waals surface area (Å²) in [6, 6.07) is 0. The Balaban J connectivity index is 2.13. The molecule has 0 aliphatic heterocycles. The monoisotopic (exact) mass is 256 g/mol. The summed E-state index contributed by atoms with van der Waals surface area (Å²) in [6.07, 6.45) is 4.99. The van der Waals surface area contributed by atoms with E-state index in [0.717, 1.165) is 25.7 Å². The number of rotatable bonds is 7. The molecule has 0 saturated heterocycles. The number of hydrogen-bond acceptors (Lipinski definition) is 4. The molecule has 0 aromatic heterocycles. The van der Waals surface area contributed by atoms with Crippen LogP contribution in [0.25, 0.3) is 0 Å². The molecule has 102 valence electrons. The van der Waals surface area contributed by atoms with Gasteiger partial charge in [-0.1, -0.05) is 6.58 Å². The quantitative estimate of drug-likeness (QED) is 0.428. The number of carbonyl (C=O) groups is 2. The van der Waals surface area contributed by atoms with E-state index in [0.29, 0.717) is 25.0 Å². The lowest BCUT2D eigenvalue weighted by Gasteiger charge is -2.27. The molecule has 0 aromatic rings. The molecule has 0 bridgehead atoms. The first-order valence-electron chi connectivity index (χ1n) is 6.21. The zero-order chi connectivity index (χ0) is 13.4. The van der Waals surface area contributed by atoms with Crippen LogP contribution in [0, 0.1) is 11.8 Å². The molecule has 0 spiro atoms. The molecule has 0 radical (unpaired) electrons. The fourth-order valence-electron chi connectivity index (χ4n) is 2.15. The highest BCUT2D eigenvalue weighted by Crippen LogP contribution is 2.29. The van der Waals surface area contributed by atoms with E-state index in [1.54, 1.807) is 0 Å². The molecule has 5 nitrogen and oxygen atoms in total. The Hall–Kier alpha value is -1.52. The number of carbonyl (C=O) groups excluding carboxylic acids is 1. The Bertz CT molecular complexity index is 292. The first kappa shape index (κ1) is 14.5. The molecule has 0 amide bonds. The molecule has 1 fully saturated rings. The highest BCUT2D eigenvalue weighted by atomic mass is 16.5. The van der Waals surface area contributed by atoms with E-state index >= 15 is 0 Å². The number of carboxylic acids is 1. The number of hydrogen-bond donors (Lipinski definition) is 1. The van der Waals surface area contributed by atoms with Crippen LogP contribution in [0.4, 0.5) is 0 Å². The number of esters is 1. The Morgan fingerprint density at radius 1 is 1.17 bits per heavy atom. The van der Waals surface area contributed by atoms with E-state index in [1.807, 2.05) is 0 Å². The average molecular weight is 256 g/mol. The molecule has 1 saturated carbocycles. The van der Waals surface area contributed by atoms with Gasteiger partial charge >= 0.3 is 11.9 Å². The van der Waals surface area contributed by atoms with Crippen LogP contribution < -0.4 is 0 Å². The molecular formula is C13H20O5.